The molecule has 0 saturated carbocycles. The number of H-pyrrole nitrogens is 1. The van der Waals surface area contributed by atoms with Crippen LogP contribution in [0.3, 0.4) is 0 Å². The smallest absolute Gasteiger partial charge is 0.258 e. The zero-order valence-electron chi connectivity index (χ0n) is 25.4. The van der Waals surface area contributed by atoms with Crippen LogP contribution in [0.5, 0.6) is 0 Å². The average Bonchev–Trinajstić information content (AvgIpc) is 3.43. The van der Waals surface area contributed by atoms with Crippen molar-refractivity contribution in [2.24, 2.45) is 0 Å². The van der Waals surface area contributed by atoms with Gasteiger partial charge in [0.15, 0.2) is 5.82 Å². The minimum Gasteiger partial charge on any atom is -0.381 e. The van der Waals surface area contributed by atoms with E-state index in [1.807, 2.05) is 43.3 Å². The van der Waals surface area contributed by atoms with E-state index in [0.29, 0.717) is 54.9 Å². The Bertz CT molecular complexity index is 1660. The summed E-state index contributed by atoms with van der Waals surface area (Å²) in [6, 6.07) is 15.1. The molecule has 0 radical (unpaired) electrons. The number of anilines is 3. The topological polar surface area (TPSA) is 103 Å². The van der Waals surface area contributed by atoms with Gasteiger partial charge in [0.05, 0.1) is 17.6 Å². The summed E-state index contributed by atoms with van der Waals surface area (Å²) in [6.45, 7) is 6.92. The highest BCUT2D eigenvalue weighted by Crippen LogP contribution is 2.29. The molecule has 3 N–H and O–H groups in total. The van der Waals surface area contributed by atoms with Crippen molar-refractivity contribution in [2.45, 2.75) is 38.6 Å². The van der Waals surface area contributed by atoms with E-state index in [4.69, 9.17) is 4.74 Å². The molecule has 2 aliphatic rings. The molecule has 0 bridgehead atoms. The van der Waals surface area contributed by atoms with E-state index in [9.17, 15) is 18.4 Å². The molecule has 1 amide bonds. The van der Waals surface area contributed by atoms with E-state index in [0.717, 1.165) is 67.5 Å². The van der Waals surface area contributed by atoms with Crippen LogP contribution < -0.4 is 15.5 Å². The number of ether oxygens (including phenoxy) is 1. The van der Waals surface area contributed by atoms with Crippen LogP contribution in [0, 0.1) is 11.6 Å². The number of carbonyl (C=O) groups is 2. The fourth-order valence-electron chi connectivity index (χ4n) is 6.02. The van der Waals surface area contributed by atoms with Crippen LogP contribution in [0.25, 0.3) is 10.9 Å². The Hall–Kier alpha value is -4.35. The maximum atomic E-state index is 13.8. The SMILES string of the molecule is CCC(=O)CN1CCN(c2ccc(C(=O)Nc3n[nH]c4ccc(Cc5cc(F)cc(F)c5)cc34)c(NC3CCOCC3)c2)CC1. The Balaban J connectivity index is 1.22. The first-order chi connectivity index (χ1) is 21.8. The quantitative estimate of drug-likeness (QED) is 0.220. The number of aromatic nitrogens is 2. The second kappa shape index (κ2) is 13.7. The van der Waals surface area contributed by atoms with Gasteiger partial charge in [0.25, 0.3) is 5.91 Å². The molecule has 4 aromatic rings. The van der Waals surface area contributed by atoms with Gasteiger partial charge in [-0.05, 0) is 72.9 Å². The lowest BCUT2D eigenvalue weighted by molar-refractivity contribution is -0.119. The van der Waals surface area contributed by atoms with E-state index < -0.39 is 11.6 Å². The Morgan fingerprint density at radius 1 is 0.956 bits per heavy atom. The maximum Gasteiger partial charge on any atom is 0.258 e. The fraction of sp³-hybridized carbons (Fsp3) is 0.382. The fourth-order valence-corrected chi connectivity index (χ4v) is 6.02. The van der Waals surface area contributed by atoms with Crippen molar-refractivity contribution < 1.29 is 23.1 Å². The number of rotatable bonds is 10. The van der Waals surface area contributed by atoms with Gasteiger partial charge in [0.1, 0.15) is 17.4 Å². The molecule has 9 nitrogen and oxygen atoms in total. The molecule has 2 aliphatic heterocycles. The van der Waals surface area contributed by atoms with Gasteiger partial charge in [0.2, 0.25) is 0 Å². The number of hydrogen-bond donors (Lipinski definition) is 3. The number of piperazine rings is 1. The molecule has 6 rings (SSSR count). The number of ketones is 1. The first-order valence-electron chi connectivity index (χ1n) is 15.6. The molecule has 0 unspecified atom stereocenters. The number of benzene rings is 3. The number of amides is 1. The van der Waals surface area contributed by atoms with Gasteiger partial charge in [-0.25, -0.2) is 8.78 Å². The molecule has 11 heteroatoms. The first-order valence-corrected chi connectivity index (χ1v) is 15.6. The summed E-state index contributed by atoms with van der Waals surface area (Å²) < 4.78 is 33.1. The highest BCUT2D eigenvalue weighted by molar-refractivity contribution is 6.11. The Morgan fingerprint density at radius 3 is 2.44 bits per heavy atom. The van der Waals surface area contributed by atoms with E-state index in [2.05, 4.69) is 30.6 Å². The molecule has 0 atom stereocenters. The van der Waals surface area contributed by atoms with Crippen LogP contribution in [0.15, 0.2) is 54.6 Å². The number of Topliss-reactive ketones (excluding diaryl/α,β-unsaturated/α-hetero) is 1. The van der Waals surface area contributed by atoms with E-state index in [1.54, 1.807) is 0 Å². The normalized spacial score (nSPS) is 16.2. The third-order valence-corrected chi connectivity index (χ3v) is 8.55. The predicted molar refractivity (Wildman–Crippen MR) is 171 cm³/mol. The van der Waals surface area contributed by atoms with Crippen LogP contribution >= 0.6 is 0 Å². The third kappa shape index (κ3) is 7.49. The molecule has 3 aromatic carbocycles. The Labute approximate surface area is 260 Å². The monoisotopic (exact) mass is 616 g/mol. The third-order valence-electron chi connectivity index (χ3n) is 8.55. The van der Waals surface area contributed by atoms with Crippen molar-refractivity contribution in [1.82, 2.24) is 15.1 Å². The number of carbonyl (C=O) groups excluding carboxylic acids is 2. The van der Waals surface area contributed by atoms with Crippen molar-refractivity contribution in [3.63, 3.8) is 0 Å². The summed E-state index contributed by atoms with van der Waals surface area (Å²) in [7, 11) is 0. The van der Waals surface area contributed by atoms with Crippen molar-refractivity contribution in [1.29, 1.82) is 0 Å². The molecular weight excluding hydrogens is 578 g/mol. The standard InChI is InChI=1S/C34H38F2N6O3/c1-2-28(43)21-41-9-11-42(12-10-41)27-4-5-29(32(20-27)37-26-7-13-45-14-8-26)34(44)38-33-30-18-22(3-6-31(30)39-40-33)15-23-16-24(35)19-25(36)17-23/h3-6,16-20,26,37H,2,7-15,21H2,1H3,(H2,38,39,40,44). The van der Waals surface area contributed by atoms with Crippen LogP contribution in [0.2, 0.25) is 0 Å². The molecule has 1 aromatic heterocycles. The molecule has 236 valence electrons. The van der Waals surface area contributed by atoms with Gasteiger partial charge in [0, 0.05) is 74.7 Å². The number of hydrogen-bond acceptors (Lipinski definition) is 7. The molecule has 2 fully saturated rings. The minimum absolute atomic E-state index is 0.180. The highest BCUT2D eigenvalue weighted by atomic mass is 19.1. The summed E-state index contributed by atoms with van der Waals surface area (Å²) in [4.78, 5) is 30.2. The second-order valence-corrected chi connectivity index (χ2v) is 11.8. The van der Waals surface area contributed by atoms with Crippen molar-refractivity contribution in [3.05, 3.63) is 82.9 Å². The summed E-state index contributed by atoms with van der Waals surface area (Å²) in [6.07, 6.45) is 2.57. The molecular formula is C34H38F2N6O3. The molecule has 0 spiro atoms. The highest BCUT2D eigenvalue weighted by Gasteiger charge is 2.23. The van der Waals surface area contributed by atoms with E-state index in [1.165, 1.54) is 12.1 Å². The van der Waals surface area contributed by atoms with E-state index in [-0.39, 0.29) is 17.7 Å². The molecule has 0 aliphatic carbocycles. The Kier molecular flexibility index (Phi) is 9.37. The zero-order valence-corrected chi connectivity index (χ0v) is 25.4. The summed E-state index contributed by atoms with van der Waals surface area (Å²) in [5.74, 6) is -0.913. The lowest BCUT2D eigenvalue weighted by atomic mass is 10.0. The second-order valence-electron chi connectivity index (χ2n) is 11.8. The molecule has 3 heterocycles. The van der Waals surface area contributed by atoms with Gasteiger partial charge in [-0.15, -0.1) is 0 Å². The predicted octanol–water partition coefficient (Wildman–Crippen LogP) is 5.38. The maximum absolute atomic E-state index is 13.8. The van der Waals surface area contributed by atoms with Crippen molar-refractivity contribution in [2.75, 3.05) is 61.5 Å². The summed E-state index contributed by atoms with van der Waals surface area (Å²) in [5, 5.41) is 14.6. The number of nitrogens with zero attached hydrogens (tertiary/aromatic N) is 3. The largest absolute Gasteiger partial charge is 0.381 e. The van der Waals surface area contributed by atoms with Gasteiger partial charge >= 0.3 is 0 Å². The van der Waals surface area contributed by atoms with Crippen molar-refractivity contribution >= 4 is 39.8 Å². The molecule has 2 saturated heterocycles. The number of aromatic amines is 1. The van der Waals surface area contributed by atoms with Crippen LogP contribution in [-0.4, -0.2) is 78.8 Å². The number of halogens is 2. The van der Waals surface area contributed by atoms with Crippen LogP contribution in [-0.2, 0) is 16.0 Å². The zero-order chi connectivity index (χ0) is 31.3. The number of nitrogens with one attached hydrogen (secondary N) is 3. The lowest BCUT2D eigenvalue weighted by Gasteiger charge is -2.36. The molecule has 45 heavy (non-hydrogen) atoms. The first kappa shape index (κ1) is 30.7. The van der Waals surface area contributed by atoms with Gasteiger partial charge in [-0.2, -0.15) is 5.10 Å². The summed E-state index contributed by atoms with van der Waals surface area (Å²) >= 11 is 0. The van der Waals surface area contributed by atoms with Gasteiger partial charge in [-0.3, -0.25) is 19.6 Å². The van der Waals surface area contributed by atoms with Gasteiger partial charge < -0.3 is 20.3 Å². The average molecular weight is 617 g/mol. The minimum atomic E-state index is -0.621. The van der Waals surface area contributed by atoms with Crippen LogP contribution in [0.4, 0.5) is 26.0 Å². The Morgan fingerprint density at radius 2 is 1.71 bits per heavy atom. The lowest BCUT2D eigenvalue weighted by Crippen LogP contribution is -2.48. The van der Waals surface area contributed by atoms with Crippen molar-refractivity contribution in [3.8, 4) is 0 Å². The van der Waals surface area contributed by atoms with Crippen LogP contribution in [0.1, 0.15) is 47.7 Å². The van der Waals surface area contributed by atoms with Gasteiger partial charge in [-0.1, -0.05) is 13.0 Å². The number of fused-ring (bicyclic) bond motifs is 1. The van der Waals surface area contributed by atoms with E-state index >= 15 is 0 Å². The summed E-state index contributed by atoms with van der Waals surface area (Å²) in [5.41, 5.74) is 4.34.